The van der Waals surface area contributed by atoms with E-state index in [-0.39, 0.29) is 17.3 Å². The average Bonchev–Trinajstić information content (AvgIpc) is 2.95. The van der Waals surface area contributed by atoms with Gasteiger partial charge in [0.15, 0.2) is 0 Å². The van der Waals surface area contributed by atoms with Gasteiger partial charge >= 0.3 is 0 Å². The topological polar surface area (TPSA) is 96.0 Å². The van der Waals surface area contributed by atoms with Gasteiger partial charge < -0.3 is 15.0 Å². The molecule has 0 aromatic heterocycles. The molecule has 0 aliphatic carbocycles. The number of aryl methyl sites for hydroxylation is 1. The summed E-state index contributed by atoms with van der Waals surface area (Å²) in [6.45, 7) is 5.94. The summed E-state index contributed by atoms with van der Waals surface area (Å²) in [4.78, 5) is 28.7. The van der Waals surface area contributed by atoms with Crippen LogP contribution in [0.5, 0.6) is 5.75 Å². The Labute approximate surface area is 231 Å². The summed E-state index contributed by atoms with van der Waals surface area (Å²) in [5.74, 6) is -0.215. The minimum atomic E-state index is -4.13. The molecule has 0 saturated heterocycles. The van der Waals surface area contributed by atoms with Gasteiger partial charge in [0.25, 0.3) is 10.0 Å². The zero-order valence-electron chi connectivity index (χ0n) is 23.0. The van der Waals surface area contributed by atoms with Gasteiger partial charge in [-0.25, -0.2) is 8.42 Å². The largest absolute Gasteiger partial charge is 0.497 e. The van der Waals surface area contributed by atoms with E-state index in [9.17, 15) is 18.0 Å². The molecule has 0 aliphatic rings. The highest BCUT2D eigenvalue weighted by atomic mass is 32.2. The van der Waals surface area contributed by atoms with Crippen LogP contribution in [0.1, 0.15) is 37.8 Å². The van der Waals surface area contributed by atoms with Crippen molar-refractivity contribution in [2.45, 2.75) is 51.1 Å². The number of ether oxygens (including phenoxy) is 1. The first-order valence-electron chi connectivity index (χ1n) is 13.1. The third kappa shape index (κ3) is 7.38. The normalized spacial score (nSPS) is 11.9. The molecule has 208 valence electrons. The minimum Gasteiger partial charge on any atom is -0.497 e. The Balaban J connectivity index is 2.03. The fourth-order valence-electron chi connectivity index (χ4n) is 4.25. The first-order valence-corrected chi connectivity index (χ1v) is 14.5. The molecule has 0 saturated carbocycles. The number of hydrogen-bond acceptors (Lipinski definition) is 5. The highest BCUT2D eigenvalue weighted by Crippen LogP contribution is 2.26. The molecule has 3 rings (SSSR count). The van der Waals surface area contributed by atoms with E-state index in [0.29, 0.717) is 24.4 Å². The van der Waals surface area contributed by atoms with Crippen molar-refractivity contribution in [3.8, 4) is 5.75 Å². The number of methoxy groups -OCH3 is 1. The smallest absolute Gasteiger partial charge is 0.264 e. The van der Waals surface area contributed by atoms with E-state index >= 15 is 0 Å². The summed E-state index contributed by atoms with van der Waals surface area (Å²) in [6.07, 6.45) is 1.14. The Morgan fingerprint density at radius 3 is 2.15 bits per heavy atom. The fraction of sp³-hybridized carbons (Fsp3) is 0.333. The SMILES string of the molecule is CCCNC(=O)[C@@H](CC)N(Cc1ccccc1C)C(=O)CN(c1ccccc1)S(=O)(=O)c1ccc(OC)cc1. The van der Waals surface area contributed by atoms with E-state index in [2.05, 4.69) is 5.32 Å². The van der Waals surface area contributed by atoms with Crippen molar-refractivity contribution in [3.05, 3.63) is 90.0 Å². The predicted octanol–water partition coefficient (Wildman–Crippen LogP) is 4.53. The molecule has 0 bridgehead atoms. The summed E-state index contributed by atoms with van der Waals surface area (Å²) < 4.78 is 34.0. The van der Waals surface area contributed by atoms with Gasteiger partial charge in [0.1, 0.15) is 18.3 Å². The molecule has 0 radical (unpaired) electrons. The Morgan fingerprint density at radius 2 is 1.56 bits per heavy atom. The number of para-hydroxylation sites is 1. The number of hydrogen-bond donors (Lipinski definition) is 1. The summed E-state index contributed by atoms with van der Waals surface area (Å²) in [6, 6.07) is 21.4. The fourth-order valence-corrected chi connectivity index (χ4v) is 5.67. The van der Waals surface area contributed by atoms with Crippen LogP contribution in [-0.4, -0.2) is 51.4 Å². The van der Waals surface area contributed by atoms with Crippen molar-refractivity contribution < 1.29 is 22.7 Å². The molecule has 1 N–H and O–H groups in total. The zero-order chi connectivity index (χ0) is 28.4. The van der Waals surface area contributed by atoms with Crippen LogP contribution >= 0.6 is 0 Å². The van der Waals surface area contributed by atoms with E-state index in [1.807, 2.05) is 45.0 Å². The highest BCUT2D eigenvalue weighted by molar-refractivity contribution is 7.92. The van der Waals surface area contributed by atoms with Gasteiger partial charge in [0.2, 0.25) is 11.8 Å². The van der Waals surface area contributed by atoms with Crippen molar-refractivity contribution in [1.82, 2.24) is 10.2 Å². The van der Waals surface area contributed by atoms with E-state index < -0.39 is 28.5 Å². The van der Waals surface area contributed by atoms with Gasteiger partial charge in [-0.2, -0.15) is 0 Å². The number of anilines is 1. The maximum absolute atomic E-state index is 14.0. The van der Waals surface area contributed by atoms with Crippen LogP contribution in [0.25, 0.3) is 0 Å². The summed E-state index contributed by atoms with van der Waals surface area (Å²) in [7, 11) is -2.62. The molecule has 2 amide bonds. The average molecular weight is 552 g/mol. The molecular formula is C30H37N3O5S. The standard InChI is InChI=1S/C30H37N3O5S/c1-5-20-31-30(35)28(6-2)32(21-24-13-11-10-12-23(24)3)29(34)22-33(25-14-8-7-9-15-25)39(36,37)27-18-16-26(38-4)17-19-27/h7-19,28H,5-6,20-22H2,1-4H3,(H,31,35)/t28-/m1/s1. The Bertz CT molecular complexity index is 1340. The molecule has 3 aromatic carbocycles. The third-order valence-electron chi connectivity index (χ3n) is 6.51. The molecular weight excluding hydrogens is 514 g/mol. The lowest BCUT2D eigenvalue weighted by atomic mass is 10.1. The molecule has 0 heterocycles. The number of nitrogens with one attached hydrogen (secondary N) is 1. The van der Waals surface area contributed by atoms with Crippen LogP contribution in [0.15, 0.2) is 83.8 Å². The number of sulfonamides is 1. The summed E-state index contributed by atoms with van der Waals surface area (Å²) >= 11 is 0. The molecule has 8 nitrogen and oxygen atoms in total. The first kappa shape index (κ1) is 29.7. The second kappa shape index (κ2) is 13.8. The van der Waals surface area contributed by atoms with Crippen molar-refractivity contribution in [2.24, 2.45) is 0 Å². The summed E-state index contributed by atoms with van der Waals surface area (Å²) in [5, 5.41) is 2.89. The van der Waals surface area contributed by atoms with Crippen LogP contribution in [0.3, 0.4) is 0 Å². The van der Waals surface area contributed by atoms with Crippen molar-refractivity contribution in [1.29, 1.82) is 0 Å². The quantitative estimate of drug-likeness (QED) is 0.337. The van der Waals surface area contributed by atoms with Crippen LogP contribution < -0.4 is 14.4 Å². The maximum atomic E-state index is 14.0. The summed E-state index contributed by atoms with van der Waals surface area (Å²) in [5.41, 5.74) is 2.21. The number of rotatable bonds is 13. The Morgan fingerprint density at radius 1 is 0.923 bits per heavy atom. The molecule has 9 heteroatoms. The van der Waals surface area contributed by atoms with Gasteiger partial charge in [0.05, 0.1) is 17.7 Å². The molecule has 0 aliphatic heterocycles. The van der Waals surface area contributed by atoms with Gasteiger partial charge in [-0.15, -0.1) is 0 Å². The maximum Gasteiger partial charge on any atom is 0.264 e. The second-order valence-electron chi connectivity index (χ2n) is 9.19. The van der Waals surface area contributed by atoms with Gasteiger partial charge in [-0.05, 0) is 67.3 Å². The Kier molecular flexibility index (Phi) is 10.5. The molecule has 39 heavy (non-hydrogen) atoms. The predicted molar refractivity (Wildman–Crippen MR) is 153 cm³/mol. The molecule has 3 aromatic rings. The molecule has 0 unspecified atom stereocenters. The van der Waals surface area contributed by atoms with Crippen LogP contribution in [-0.2, 0) is 26.2 Å². The van der Waals surface area contributed by atoms with Crippen LogP contribution in [0.4, 0.5) is 5.69 Å². The number of carbonyl (C=O) groups excluding carboxylic acids is 2. The lowest BCUT2D eigenvalue weighted by Crippen LogP contribution is -2.52. The van der Waals surface area contributed by atoms with Gasteiger partial charge in [-0.3, -0.25) is 13.9 Å². The number of amides is 2. The highest BCUT2D eigenvalue weighted by Gasteiger charge is 2.33. The second-order valence-corrected chi connectivity index (χ2v) is 11.0. The van der Waals surface area contributed by atoms with E-state index in [0.717, 1.165) is 21.9 Å². The third-order valence-corrected chi connectivity index (χ3v) is 8.30. The van der Waals surface area contributed by atoms with Crippen LogP contribution in [0, 0.1) is 6.92 Å². The van der Waals surface area contributed by atoms with E-state index in [1.54, 1.807) is 42.5 Å². The number of benzene rings is 3. The van der Waals surface area contributed by atoms with Crippen molar-refractivity contribution in [2.75, 3.05) is 24.5 Å². The van der Waals surface area contributed by atoms with Crippen molar-refractivity contribution in [3.63, 3.8) is 0 Å². The Hall–Kier alpha value is -3.85. The number of carbonyl (C=O) groups is 2. The van der Waals surface area contributed by atoms with E-state index in [4.69, 9.17) is 4.74 Å². The zero-order valence-corrected chi connectivity index (χ0v) is 23.8. The van der Waals surface area contributed by atoms with Crippen LogP contribution in [0.2, 0.25) is 0 Å². The lowest BCUT2D eigenvalue weighted by Gasteiger charge is -2.33. The van der Waals surface area contributed by atoms with Gasteiger partial charge in [-0.1, -0.05) is 56.3 Å². The van der Waals surface area contributed by atoms with E-state index in [1.165, 1.54) is 24.1 Å². The molecule has 0 fully saturated rings. The molecule has 0 spiro atoms. The van der Waals surface area contributed by atoms with Gasteiger partial charge in [0, 0.05) is 13.1 Å². The minimum absolute atomic E-state index is 0.0261. The first-order chi connectivity index (χ1) is 18.7. The lowest BCUT2D eigenvalue weighted by molar-refractivity contribution is -0.140. The number of nitrogens with zero attached hydrogens (tertiary/aromatic N) is 2. The van der Waals surface area contributed by atoms with Crippen molar-refractivity contribution >= 4 is 27.5 Å². The molecule has 1 atom stereocenters. The monoisotopic (exact) mass is 551 g/mol.